The third-order valence-electron chi connectivity index (χ3n) is 3.30. The van der Waals surface area contributed by atoms with Crippen LogP contribution in [0.4, 0.5) is 5.69 Å². The van der Waals surface area contributed by atoms with Crippen LogP contribution in [0.5, 0.6) is 5.75 Å². The zero-order valence-electron chi connectivity index (χ0n) is 11.4. The van der Waals surface area contributed by atoms with Crippen LogP contribution in [0.3, 0.4) is 0 Å². The van der Waals surface area contributed by atoms with Crippen LogP contribution in [-0.2, 0) is 9.59 Å². The lowest BCUT2D eigenvalue weighted by Crippen LogP contribution is -2.29. The number of nitrogens with zero attached hydrogens (tertiary/aromatic N) is 1. The molecule has 106 valence electrons. The van der Waals surface area contributed by atoms with Crippen LogP contribution in [0.1, 0.15) is 5.56 Å². The number of hydrogen-bond donors (Lipinski definition) is 0. The summed E-state index contributed by atoms with van der Waals surface area (Å²) >= 11 is 0. The van der Waals surface area contributed by atoms with E-state index < -0.39 is 17.4 Å². The third-order valence-corrected chi connectivity index (χ3v) is 3.30. The van der Waals surface area contributed by atoms with Gasteiger partial charge in [0.15, 0.2) is 0 Å². The number of carbonyl (C=O) groups is 2. The smallest absolute Gasteiger partial charge is 0.336 e. The van der Waals surface area contributed by atoms with Gasteiger partial charge >= 0.3 is 5.63 Å². The number of anilines is 1. The normalized spacial score (nSPS) is 14.3. The minimum absolute atomic E-state index is 0.279. The molecular weight excluding hydrogens is 274 g/mol. The van der Waals surface area contributed by atoms with Crippen molar-refractivity contribution in [2.75, 3.05) is 12.0 Å². The van der Waals surface area contributed by atoms with Gasteiger partial charge in [0.25, 0.3) is 11.8 Å². The fraction of sp³-hybridized carbons (Fsp3) is 0.133. The van der Waals surface area contributed by atoms with Gasteiger partial charge in [0, 0.05) is 29.7 Å². The van der Waals surface area contributed by atoms with Crippen LogP contribution in [0.25, 0.3) is 11.0 Å². The number of benzene rings is 1. The minimum Gasteiger partial charge on any atom is -0.494 e. The molecule has 1 aromatic heterocycles. The van der Waals surface area contributed by atoms with Crippen molar-refractivity contribution in [2.45, 2.75) is 6.92 Å². The first-order chi connectivity index (χ1) is 10.0. The SMILES string of the molecule is COc1cc2oc(=O)cc(C)c2cc1N1C(=O)C=CC1=O. The number of fused-ring (bicyclic) bond motifs is 1. The molecule has 1 aromatic carbocycles. The molecule has 0 bridgehead atoms. The lowest BCUT2D eigenvalue weighted by Gasteiger charge is -2.18. The maximum absolute atomic E-state index is 11.8. The number of methoxy groups -OCH3 is 1. The summed E-state index contributed by atoms with van der Waals surface area (Å²) in [5.41, 5.74) is 0.886. The average Bonchev–Trinajstić information content (AvgIpc) is 2.77. The van der Waals surface area contributed by atoms with Gasteiger partial charge in [-0.05, 0) is 18.6 Å². The van der Waals surface area contributed by atoms with E-state index in [1.807, 2.05) is 0 Å². The molecule has 3 rings (SSSR count). The Morgan fingerprint density at radius 3 is 2.33 bits per heavy atom. The lowest BCUT2D eigenvalue weighted by atomic mass is 10.1. The summed E-state index contributed by atoms with van der Waals surface area (Å²) in [6.45, 7) is 1.75. The van der Waals surface area contributed by atoms with E-state index in [-0.39, 0.29) is 5.75 Å². The molecule has 0 radical (unpaired) electrons. The van der Waals surface area contributed by atoms with Gasteiger partial charge in [0.2, 0.25) is 0 Å². The average molecular weight is 285 g/mol. The molecule has 0 saturated carbocycles. The summed E-state index contributed by atoms with van der Waals surface area (Å²) in [4.78, 5) is 36.1. The summed E-state index contributed by atoms with van der Waals surface area (Å²) < 4.78 is 10.3. The number of aryl methyl sites for hydroxylation is 1. The lowest BCUT2D eigenvalue weighted by molar-refractivity contribution is -0.120. The quantitative estimate of drug-likeness (QED) is 0.618. The molecule has 0 saturated heterocycles. The molecule has 2 amide bonds. The van der Waals surface area contributed by atoms with Crippen LogP contribution in [0.2, 0.25) is 0 Å². The summed E-state index contributed by atoms with van der Waals surface area (Å²) in [5.74, 6) is -0.595. The first-order valence-corrected chi connectivity index (χ1v) is 6.20. The van der Waals surface area contributed by atoms with E-state index in [1.54, 1.807) is 13.0 Å². The van der Waals surface area contributed by atoms with E-state index in [0.717, 1.165) is 4.90 Å². The molecule has 0 N–H and O–H groups in total. The van der Waals surface area contributed by atoms with Crippen LogP contribution in [-0.4, -0.2) is 18.9 Å². The van der Waals surface area contributed by atoms with Crippen molar-refractivity contribution in [3.63, 3.8) is 0 Å². The van der Waals surface area contributed by atoms with Gasteiger partial charge < -0.3 is 9.15 Å². The Labute approximate surface area is 119 Å². The Bertz CT molecular complexity index is 844. The summed E-state index contributed by atoms with van der Waals surface area (Å²) in [6, 6.07) is 4.46. The van der Waals surface area contributed by atoms with Gasteiger partial charge in [-0.2, -0.15) is 0 Å². The molecule has 1 aliphatic rings. The molecule has 0 aliphatic carbocycles. The molecule has 0 fully saturated rings. The second kappa shape index (κ2) is 4.59. The highest BCUT2D eigenvalue weighted by atomic mass is 16.5. The van der Waals surface area contributed by atoms with Crippen LogP contribution >= 0.6 is 0 Å². The van der Waals surface area contributed by atoms with Crippen LogP contribution in [0.15, 0.2) is 39.6 Å². The van der Waals surface area contributed by atoms with Gasteiger partial charge in [-0.15, -0.1) is 0 Å². The largest absolute Gasteiger partial charge is 0.494 e. The van der Waals surface area contributed by atoms with Gasteiger partial charge in [-0.1, -0.05) is 0 Å². The van der Waals surface area contributed by atoms with E-state index in [1.165, 1.54) is 31.4 Å². The monoisotopic (exact) mass is 285 g/mol. The molecule has 0 unspecified atom stereocenters. The highest BCUT2D eigenvalue weighted by molar-refractivity contribution is 6.29. The Morgan fingerprint density at radius 2 is 1.71 bits per heavy atom. The van der Waals surface area contributed by atoms with Crippen molar-refractivity contribution in [3.8, 4) is 5.75 Å². The molecule has 0 atom stereocenters. The van der Waals surface area contributed by atoms with Crippen LogP contribution in [0, 0.1) is 6.92 Å². The molecule has 1 aliphatic heterocycles. The zero-order chi connectivity index (χ0) is 15.1. The third kappa shape index (κ3) is 2.01. The predicted octanol–water partition coefficient (Wildman–Crippen LogP) is 1.54. The molecule has 6 heteroatoms. The first-order valence-electron chi connectivity index (χ1n) is 6.20. The van der Waals surface area contributed by atoms with Gasteiger partial charge in [0.05, 0.1) is 12.8 Å². The Morgan fingerprint density at radius 1 is 1.05 bits per heavy atom. The van der Waals surface area contributed by atoms with Gasteiger partial charge in [-0.3, -0.25) is 9.59 Å². The molecule has 2 aromatic rings. The first kappa shape index (κ1) is 13.1. The number of imide groups is 1. The second-order valence-electron chi connectivity index (χ2n) is 4.61. The number of rotatable bonds is 2. The highest BCUT2D eigenvalue weighted by Gasteiger charge is 2.28. The van der Waals surface area contributed by atoms with Crippen molar-refractivity contribution in [3.05, 3.63) is 46.3 Å². The summed E-state index contributed by atoms with van der Waals surface area (Å²) in [6.07, 6.45) is 2.40. The van der Waals surface area contributed by atoms with Crippen LogP contribution < -0.4 is 15.3 Å². The van der Waals surface area contributed by atoms with E-state index in [9.17, 15) is 14.4 Å². The van der Waals surface area contributed by atoms with E-state index in [2.05, 4.69) is 0 Å². The van der Waals surface area contributed by atoms with Gasteiger partial charge in [-0.25, -0.2) is 9.69 Å². The predicted molar refractivity (Wildman–Crippen MR) is 75.4 cm³/mol. The Hall–Kier alpha value is -2.89. The van der Waals surface area contributed by atoms with E-state index in [4.69, 9.17) is 9.15 Å². The Balaban J connectivity index is 2.30. The summed E-state index contributed by atoms with van der Waals surface area (Å²) in [7, 11) is 1.41. The minimum atomic E-state index is -0.468. The maximum Gasteiger partial charge on any atom is 0.336 e. The number of amides is 2. The van der Waals surface area contributed by atoms with Crippen molar-refractivity contribution in [1.29, 1.82) is 0 Å². The fourth-order valence-corrected chi connectivity index (χ4v) is 2.31. The number of ether oxygens (including phenoxy) is 1. The number of carbonyl (C=O) groups excluding carboxylic acids is 2. The van der Waals surface area contributed by atoms with Crippen molar-refractivity contribution in [2.24, 2.45) is 0 Å². The number of hydrogen-bond acceptors (Lipinski definition) is 5. The summed E-state index contributed by atoms with van der Waals surface area (Å²) in [5, 5.41) is 0.637. The Kier molecular flexibility index (Phi) is 2.86. The van der Waals surface area contributed by atoms with Gasteiger partial charge in [0.1, 0.15) is 11.3 Å². The standard InChI is InChI=1S/C15H11NO5/c1-8-5-15(19)21-11-7-12(20-2)10(6-9(8)11)16-13(17)3-4-14(16)18/h3-7H,1-2H3. The molecule has 6 nitrogen and oxygen atoms in total. The topological polar surface area (TPSA) is 76.8 Å². The van der Waals surface area contributed by atoms with E-state index >= 15 is 0 Å². The maximum atomic E-state index is 11.8. The fourth-order valence-electron chi connectivity index (χ4n) is 2.31. The van der Waals surface area contributed by atoms with Crippen molar-refractivity contribution >= 4 is 28.5 Å². The molecule has 2 heterocycles. The van der Waals surface area contributed by atoms with E-state index in [0.29, 0.717) is 22.2 Å². The van der Waals surface area contributed by atoms with Crippen molar-refractivity contribution in [1.82, 2.24) is 0 Å². The van der Waals surface area contributed by atoms with Crippen molar-refractivity contribution < 1.29 is 18.7 Å². The zero-order valence-corrected chi connectivity index (χ0v) is 11.4. The molecule has 21 heavy (non-hydrogen) atoms. The molecular formula is C15H11NO5. The molecule has 0 spiro atoms. The second-order valence-corrected chi connectivity index (χ2v) is 4.61. The highest BCUT2D eigenvalue weighted by Crippen LogP contribution is 2.35.